The lowest BCUT2D eigenvalue weighted by Gasteiger charge is -2.33. The quantitative estimate of drug-likeness (QED) is 0.354. The van der Waals surface area contributed by atoms with Crippen molar-refractivity contribution in [3.05, 3.63) is 95.5 Å². The van der Waals surface area contributed by atoms with Crippen molar-refractivity contribution in [2.45, 2.75) is 44.2 Å². The maximum absolute atomic E-state index is 13.9. The van der Waals surface area contributed by atoms with E-state index in [1.165, 1.54) is 17.0 Å². The van der Waals surface area contributed by atoms with Crippen molar-refractivity contribution < 1.29 is 18.0 Å². The van der Waals surface area contributed by atoms with Gasteiger partial charge < -0.3 is 10.2 Å². The Kier molecular flexibility index (Phi) is 10.1. The maximum Gasteiger partial charge on any atom is 0.264 e. The molecule has 37 heavy (non-hydrogen) atoms. The van der Waals surface area contributed by atoms with E-state index < -0.39 is 28.5 Å². The van der Waals surface area contributed by atoms with Gasteiger partial charge in [0.15, 0.2) is 0 Å². The van der Waals surface area contributed by atoms with Crippen LogP contribution in [0.1, 0.15) is 32.3 Å². The molecule has 0 unspecified atom stereocenters. The zero-order chi connectivity index (χ0) is 26.8. The Morgan fingerprint density at radius 3 is 2.05 bits per heavy atom. The molecule has 3 rings (SSSR count). The van der Waals surface area contributed by atoms with Crippen LogP contribution in [0.15, 0.2) is 89.8 Å². The predicted molar refractivity (Wildman–Crippen MR) is 147 cm³/mol. The number of benzene rings is 3. The summed E-state index contributed by atoms with van der Waals surface area (Å²) in [6, 6.07) is 22.7. The van der Waals surface area contributed by atoms with Crippen LogP contribution >= 0.6 is 11.6 Å². The van der Waals surface area contributed by atoms with E-state index in [4.69, 9.17) is 11.6 Å². The molecule has 0 aliphatic carbocycles. The van der Waals surface area contributed by atoms with Crippen molar-refractivity contribution in [2.75, 3.05) is 17.4 Å². The summed E-state index contributed by atoms with van der Waals surface area (Å²) in [5.41, 5.74) is 1.13. The second-order valence-electron chi connectivity index (χ2n) is 8.52. The van der Waals surface area contributed by atoms with Gasteiger partial charge in [0, 0.05) is 18.1 Å². The van der Waals surface area contributed by atoms with Gasteiger partial charge in [-0.25, -0.2) is 8.42 Å². The molecule has 0 aliphatic rings. The molecule has 0 fully saturated rings. The van der Waals surface area contributed by atoms with Gasteiger partial charge in [-0.05, 0) is 54.8 Å². The molecule has 0 saturated heterocycles. The maximum atomic E-state index is 13.9. The van der Waals surface area contributed by atoms with E-state index in [0.29, 0.717) is 23.7 Å². The molecule has 7 nitrogen and oxygen atoms in total. The van der Waals surface area contributed by atoms with Crippen LogP contribution in [0.5, 0.6) is 0 Å². The first-order chi connectivity index (χ1) is 17.8. The number of hydrogen-bond donors (Lipinski definition) is 1. The van der Waals surface area contributed by atoms with Crippen LogP contribution in [0.4, 0.5) is 5.69 Å². The number of halogens is 1. The largest absolute Gasteiger partial charge is 0.354 e. The topological polar surface area (TPSA) is 86.8 Å². The number of para-hydroxylation sites is 1. The van der Waals surface area contributed by atoms with Gasteiger partial charge in [0.1, 0.15) is 12.6 Å². The van der Waals surface area contributed by atoms with E-state index >= 15 is 0 Å². The Balaban J connectivity index is 2.00. The van der Waals surface area contributed by atoms with Crippen LogP contribution in [-0.4, -0.2) is 44.3 Å². The highest BCUT2D eigenvalue weighted by molar-refractivity contribution is 7.92. The lowest BCUT2D eigenvalue weighted by atomic mass is 10.1. The Morgan fingerprint density at radius 2 is 1.49 bits per heavy atom. The molecule has 0 saturated carbocycles. The van der Waals surface area contributed by atoms with Crippen molar-refractivity contribution >= 4 is 39.1 Å². The summed E-state index contributed by atoms with van der Waals surface area (Å²) in [5, 5.41) is 3.42. The number of anilines is 1. The first kappa shape index (κ1) is 28.2. The Morgan fingerprint density at radius 1 is 0.892 bits per heavy atom. The average Bonchev–Trinajstić information content (AvgIpc) is 2.92. The summed E-state index contributed by atoms with van der Waals surface area (Å²) in [5.74, 6) is -0.763. The number of sulfonamides is 1. The van der Waals surface area contributed by atoms with Crippen LogP contribution in [0, 0.1) is 0 Å². The van der Waals surface area contributed by atoms with Gasteiger partial charge in [0.25, 0.3) is 10.0 Å². The number of nitrogens with zero attached hydrogens (tertiary/aromatic N) is 2. The van der Waals surface area contributed by atoms with Gasteiger partial charge in [-0.3, -0.25) is 13.9 Å². The fourth-order valence-electron chi connectivity index (χ4n) is 3.91. The van der Waals surface area contributed by atoms with Crippen molar-refractivity contribution in [3.63, 3.8) is 0 Å². The van der Waals surface area contributed by atoms with E-state index in [1.807, 2.05) is 13.8 Å². The molecule has 0 aromatic heterocycles. The minimum atomic E-state index is -4.06. The summed E-state index contributed by atoms with van der Waals surface area (Å²) in [6.45, 7) is 3.92. The molecule has 0 bridgehead atoms. The highest BCUT2D eigenvalue weighted by Crippen LogP contribution is 2.24. The van der Waals surface area contributed by atoms with Crippen molar-refractivity contribution in [3.8, 4) is 0 Å². The van der Waals surface area contributed by atoms with Gasteiger partial charge in [-0.1, -0.05) is 74.0 Å². The fourth-order valence-corrected chi connectivity index (χ4v) is 5.48. The molecule has 9 heteroatoms. The van der Waals surface area contributed by atoms with Crippen LogP contribution in [0.25, 0.3) is 0 Å². The number of amides is 2. The smallest absolute Gasteiger partial charge is 0.264 e. The summed E-state index contributed by atoms with van der Waals surface area (Å²) in [6.07, 6.45) is 1.12. The fraction of sp³-hybridized carbons (Fsp3) is 0.286. The zero-order valence-electron chi connectivity index (χ0n) is 21.0. The zero-order valence-corrected chi connectivity index (χ0v) is 22.6. The second kappa shape index (κ2) is 13.3. The van der Waals surface area contributed by atoms with Crippen molar-refractivity contribution in [1.29, 1.82) is 0 Å². The van der Waals surface area contributed by atoms with Crippen LogP contribution in [-0.2, 0) is 26.2 Å². The minimum absolute atomic E-state index is 0.0728. The lowest BCUT2D eigenvalue weighted by molar-refractivity contribution is -0.140. The van der Waals surface area contributed by atoms with E-state index in [-0.39, 0.29) is 17.3 Å². The summed E-state index contributed by atoms with van der Waals surface area (Å²) in [4.78, 5) is 28.4. The Bertz CT molecular complexity index is 1270. The molecule has 3 aromatic carbocycles. The number of rotatable bonds is 12. The van der Waals surface area contributed by atoms with Crippen LogP contribution < -0.4 is 9.62 Å². The summed E-state index contributed by atoms with van der Waals surface area (Å²) in [7, 11) is -4.06. The first-order valence-electron chi connectivity index (χ1n) is 12.2. The van der Waals surface area contributed by atoms with Gasteiger partial charge in [0.05, 0.1) is 10.6 Å². The SMILES string of the molecule is CCCNC(=O)[C@H](CC)N(Cc1ccc(Cl)cc1)C(=O)CN(c1ccccc1)S(=O)(=O)c1ccccc1. The molecular weight excluding hydrogens is 510 g/mol. The molecule has 0 heterocycles. The van der Waals surface area contributed by atoms with Gasteiger partial charge >= 0.3 is 0 Å². The van der Waals surface area contributed by atoms with Crippen LogP contribution in [0.3, 0.4) is 0 Å². The van der Waals surface area contributed by atoms with Crippen molar-refractivity contribution in [2.24, 2.45) is 0 Å². The number of carbonyl (C=O) groups is 2. The monoisotopic (exact) mass is 541 g/mol. The van der Waals surface area contributed by atoms with Crippen molar-refractivity contribution in [1.82, 2.24) is 10.2 Å². The third-order valence-corrected chi connectivity index (χ3v) is 7.90. The minimum Gasteiger partial charge on any atom is -0.354 e. The standard InChI is InChI=1S/C28H32ClN3O4S/c1-3-19-30-28(34)26(4-2)31(20-22-15-17-23(29)18-16-22)27(33)21-32(24-11-7-5-8-12-24)37(35,36)25-13-9-6-10-14-25/h5-18,26H,3-4,19-21H2,1-2H3,(H,30,34)/t26-/m0/s1. The Labute approximate surface area is 224 Å². The van der Waals surface area contributed by atoms with E-state index in [1.54, 1.807) is 72.8 Å². The average molecular weight is 542 g/mol. The normalized spacial score (nSPS) is 12.0. The van der Waals surface area contributed by atoms with E-state index in [0.717, 1.165) is 16.3 Å². The summed E-state index contributed by atoms with van der Waals surface area (Å²) >= 11 is 6.04. The van der Waals surface area contributed by atoms with Gasteiger partial charge in [-0.2, -0.15) is 0 Å². The second-order valence-corrected chi connectivity index (χ2v) is 10.8. The van der Waals surface area contributed by atoms with E-state index in [2.05, 4.69) is 5.32 Å². The molecular formula is C28H32ClN3O4S. The molecule has 1 N–H and O–H groups in total. The number of hydrogen-bond acceptors (Lipinski definition) is 4. The third-order valence-electron chi connectivity index (χ3n) is 5.86. The van der Waals surface area contributed by atoms with Gasteiger partial charge in [0.2, 0.25) is 11.8 Å². The molecule has 0 spiro atoms. The van der Waals surface area contributed by atoms with Crippen LogP contribution in [0.2, 0.25) is 5.02 Å². The first-order valence-corrected chi connectivity index (χ1v) is 14.0. The molecule has 0 aliphatic heterocycles. The highest BCUT2D eigenvalue weighted by atomic mass is 35.5. The molecule has 1 atom stereocenters. The van der Waals surface area contributed by atoms with E-state index in [9.17, 15) is 18.0 Å². The molecule has 0 radical (unpaired) electrons. The number of carbonyl (C=O) groups excluding carboxylic acids is 2. The Hall–Kier alpha value is -3.36. The van der Waals surface area contributed by atoms with Gasteiger partial charge in [-0.15, -0.1) is 0 Å². The molecule has 196 valence electrons. The lowest BCUT2D eigenvalue weighted by Crippen LogP contribution is -2.52. The molecule has 2 amide bonds. The predicted octanol–water partition coefficient (Wildman–Crippen LogP) is 4.87. The summed E-state index contributed by atoms with van der Waals surface area (Å²) < 4.78 is 28.4. The highest BCUT2D eigenvalue weighted by Gasteiger charge is 2.33. The molecule has 3 aromatic rings. The third kappa shape index (κ3) is 7.33. The number of nitrogens with one attached hydrogen (secondary N) is 1.